The molecule has 1 atom stereocenters. The number of amidine groups is 1. The molecule has 0 spiro atoms. The van der Waals surface area contributed by atoms with E-state index in [1.54, 1.807) is 7.11 Å². The molecule has 19 heavy (non-hydrogen) atoms. The van der Waals surface area contributed by atoms with Gasteiger partial charge >= 0.3 is 0 Å². The molecule has 1 heterocycles. The van der Waals surface area contributed by atoms with E-state index in [9.17, 15) is 0 Å². The molecule has 6 nitrogen and oxygen atoms in total. The molecule has 1 saturated heterocycles. The Labute approximate surface area is 116 Å². The maximum atomic E-state index is 8.70. The van der Waals surface area contributed by atoms with Crippen molar-refractivity contribution in [2.75, 3.05) is 39.8 Å². The van der Waals surface area contributed by atoms with Gasteiger partial charge in [0.1, 0.15) is 0 Å². The monoisotopic (exact) mass is 272 g/mol. The Morgan fingerprint density at radius 3 is 2.42 bits per heavy atom. The van der Waals surface area contributed by atoms with Gasteiger partial charge in [-0.05, 0) is 27.2 Å². The van der Waals surface area contributed by atoms with E-state index in [2.05, 4.69) is 28.8 Å². The fraction of sp³-hybridized carbons (Fsp3) is 0.923. The first kappa shape index (κ1) is 16.2. The summed E-state index contributed by atoms with van der Waals surface area (Å²) in [5, 5.41) is 11.8. The molecule has 1 aliphatic rings. The Morgan fingerprint density at radius 1 is 1.37 bits per heavy atom. The van der Waals surface area contributed by atoms with Crippen LogP contribution in [0.5, 0.6) is 0 Å². The highest BCUT2D eigenvalue weighted by molar-refractivity contribution is 5.84. The van der Waals surface area contributed by atoms with Gasteiger partial charge in [-0.3, -0.25) is 4.90 Å². The number of nitrogens with zero attached hydrogens (tertiary/aromatic N) is 3. The summed E-state index contributed by atoms with van der Waals surface area (Å²) in [6, 6.07) is 0.00238. The first-order chi connectivity index (χ1) is 8.89. The molecule has 0 bridgehead atoms. The number of ether oxygens (including phenoxy) is 1. The van der Waals surface area contributed by atoms with Crippen LogP contribution in [0.15, 0.2) is 5.16 Å². The highest BCUT2D eigenvalue weighted by Crippen LogP contribution is 2.15. The predicted octanol–water partition coefficient (Wildman–Crippen LogP) is 0.554. The zero-order valence-electron chi connectivity index (χ0n) is 12.6. The summed E-state index contributed by atoms with van der Waals surface area (Å²) in [6.07, 6.45) is 1.03. The van der Waals surface area contributed by atoms with E-state index in [1.807, 2.05) is 6.92 Å². The Morgan fingerprint density at radius 2 is 1.95 bits per heavy atom. The second-order valence-corrected chi connectivity index (χ2v) is 5.79. The smallest absolute Gasteiger partial charge is 0.156 e. The average molecular weight is 272 g/mol. The van der Waals surface area contributed by atoms with Crippen LogP contribution in [0, 0.1) is 0 Å². The molecule has 0 aromatic carbocycles. The minimum absolute atomic E-state index is 0.00238. The van der Waals surface area contributed by atoms with Crippen molar-refractivity contribution in [2.45, 2.75) is 38.8 Å². The van der Waals surface area contributed by atoms with Crippen LogP contribution in [0.2, 0.25) is 0 Å². The fourth-order valence-corrected chi connectivity index (χ4v) is 2.17. The molecule has 112 valence electrons. The molecular formula is C13H28N4O2. The van der Waals surface area contributed by atoms with Crippen LogP contribution in [-0.4, -0.2) is 72.3 Å². The summed E-state index contributed by atoms with van der Waals surface area (Å²) in [5.41, 5.74) is 5.59. The van der Waals surface area contributed by atoms with Crippen LogP contribution in [0.1, 0.15) is 27.2 Å². The lowest BCUT2D eigenvalue weighted by molar-refractivity contribution is 0.00282. The van der Waals surface area contributed by atoms with Gasteiger partial charge in [-0.15, -0.1) is 0 Å². The number of methoxy groups -OCH3 is 1. The Balaban J connectivity index is 2.33. The maximum absolute atomic E-state index is 8.70. The van der Waals surface area contributed by atoms with Crippen molar-refractivity contribution in [3.63, 3.8) is 0 Å². The minimum Gasteiger partial charge on any atom is -0.409 e. The summed E-state index contributed by atoms with van der Waals surface area (Å²) < 4.78 is 5.44. The third kappa shape index (κ3) is 4.97. The zero-order valence-corrected chi connectivity index (χ0v) is 12.6. The number of hydrogen-bond acceptors (Lipinski definition) is 5. The van der Waals surface area contributed by atoms with Crippen LogP contribution < -0.4 is 5.73 Å². The summed E-state index contributed by atoms with van der Waals surface area (Å²) >= 11 is 0. The first-order valence-electron chi connectivity index (χ1n) is 6.88. The van der Waals surface area contributed by atoms with Crippen LogP contribution in [0.25, 0.3) is 0 Å². The predicted molar refractivity (Wildman–Crippen MR) is 76.6 cm³/mol. The Kier molecular flexibility index (Phi) is 6.03. The molecule has 0 amide bonds. The van der Waals surface area contributed by atoms with Gasteiger partial charge in [0.15, 0.2) is 5.84 Å². The largest absolute Gasteiger partial charge is 0.409 e. The van der Waals surface area contributed by atoms with Crippen molar-refractivity contribution >= 4 is 5.84 Å². The molecule has 0 aromatic rings. The summed E-state index contributed by atoms with van der Waals surface area (Å²) in [4.78, 5) is 4.68. The molecule has 1 unspecified atom stereocenters. The number of rotatable bonds is 6. The number of nitrogens with two attached hydrogens (primary N) is 1. The standard InChI is InChI=1S/C13H28N4O2/c1-11(12(14)15-18)17-9-7-16(8-10-17)6-5-13(2,3)19-4/h11,18H,5-10H2,1-4H3,(H2,14,15). The molecule has 0 aliphatic carbocycles. The fourth-order valence-electron chi connectivity index (χ4n) is 2.17. The molecule has 1 fully saturated rings. The summed E-state index contributed by atoms with van der Waals surface area (Å²) in [6.45, 7) is 11.2. The van der Waals surface area contributed by atoms with Crippen molar-refractivity contribution in [2.24, 2.45) is 10.9 Å². The van der Waals surface area contributed by atoms with E-state index in [0.29, 0.717) is 0 Å². The summed E-state index contributed by atoms with van der Waals surface area (Å²) in [5.74, 6) is 0.286. The highest BCUT2D eigenvalue weighted by Gasteiger charge is 2.25. The van der Waals surface area contributed by atoms with E-state index >= 15 is 0 Å². The molecule has 1 aliphatic heterocycles. The lowest BCUT2D eigenvalue weighted by atomic mass is 10.0. The average Bonchev–Trinajstić information content (AvgIpc) is 2.44. The van der Waals surface area contributed by atoms with E-state index < -0.39 is 0 Å². The molecule has 0 saturated carbocycles. The van der Waals surface area contributed by atoms with Crippen LogP contribution in [0.4, 0.5) is 0 Å². The Bertz CT molecular complexity index is 299. The van der Waals surface area contributed by atoms with Crippen LogP contribution in [0.3, 0.4) is 0 Å². The molecule has 3 N–H and O–H groups in total. The van der Waals surface area contributed by atoms with Gasteiger partial charge in [0.2, 0.25) is 0 Å². The molecular weight excluding hydrogens is 244 g/mol. The second kappa shape index (κ2) is 7.07. The molecule has 1 rings (SSSR count). The third-order valence-corrected chi connectivity index (χ3v) is 4.08. The zero-order chi connectivity index (χ0) is 14.5. The van der Waals surface area contributed by atoms with Gasteiger partial charge in [0.25, 0.3) is 0 Å². The van der Waals surface area contributed by atoms with E-state index in [-0.39, 0.29) is 17.5 Å². The normalized spacial score (nSPS) is 21.6. The number of hydrogen-bond donors (Lipinski definition) is 2. The van der Waals surface area contributed by atoms with Gasteiger partial charge in [-0.25, -0.2) is 0 Å². The van der Waals surface area contributed by atoms with Gasteiger partial charge in [0.05, 0.1) is 11.6 Å². The quantitative estimate of drug-likeness (QED) is 0.320. The van der Waals surface area contributed by atoms with Crippen molar-refractivity contribution in [1.29, 1.82) is 0 Å². The number of piperazine rings is 1. The SMILES string of the molecule is COC(C)(C)CCN1CCN(C(C)C(N)=NO)CC1. The van der Waals surface area contributed by atoms with E-state index in [1.165, 1.54) is 0 Å². The first-order valence-corrected chi connectivity index (χ1v) is 6.88. The highest BCUT2D eigenvalue weighted by atomic mass is 16.5. The van der Waals surface area contributed by atoms with E-state index in [0.717, 1.165) is 39.1 Å². The van der Waals surface area contributed by atoms with Crippen molar-refractivity contribution < 1.29 is 9.94 Å². The second-order valence-electron chi connectivity index (χ2n) is 5.79. The third-order valence-electron chi connectivity index (χ3n) is 4.08. The number of oxime groups is 1. The van der Waals surface area contributed by atoms with Crippen LogP contribution in [-0.2, 0) is 4.74 Å². The van der Waals surface area contributed by atoms with Gasteiger partial charge in [-0.2, -0.15) is 0 Å². The molecule has 0 aromatic heterocycles. The summed E-state index contributed by atoms with van der Waals surface area (Å²) in [7, 11) is 1.76. The van der Waals surface area contributed by atoms with Gasteiger partial charge < -0.3 is 20.6 Å². The van der Waals surface area contributed by atoms with Crippen LogP contribution >= 0.6 is 0 Å². The molecule has 0 radical (unpaired) electrons. The van der Waals surface area contributed by atoms with E-state index in [4.69, 9.17) is 15.7 Å². The lowest BCUT2D eigenvalue weighted by Gasteiger charge is -2.38. The van der Waals surface area contributed by atoms with Crippen molar-refractivity contribution in [3.05, 3.63) is 0 Å². The lowest BCUT2D eigenvalue weighted by Crippen LogP contribution is -2.53. The van der Waals surface area contributed by atoms with Gasteiger partial charge in [0, 0.05) is 39.8 Å². The minimum atomic E-state index is -0.0571. The Hall–Kier alpha value is -0.850. The molecule has 6 heteroatoms. The van der Waals surface area contributed by atoms with Crippen molar-refractivity contribution in [3.8, 4) is 0 Å². The van der Waals surface area contributed by atoms with Gasteiger partial charge in [-0.1, -0.05) is 5.16 Å². The maximum Gasteiger partial charge on any atom is 0.156 e. The topological polar surface area (TPSA) is 74.3 Å². The van der Waals surface area contributed by atoms with Crippen molar-refractivity contribution in [1.82, 2.24) is 9.80 Å².